The number of ketones is 2. The second kappa shape index (κ2) is 3.03. The quantitative estimate of drug-likeness (QED) is 0.654. The van der Waals surface area contributed by atoms with Crippen molar-refractivity contribution in [2.45, 2.75) is 6.92 Å². The van der Waals surface area contributed by atoms with Gasteiger partial charge in [0.25, 0.3) is 0 Å². The molecule has 1 aromatic heterocycles. The molecule has 70 valence electrons. The van der Waals surface area contributed by atoms with E-state index in [2.05, 4.69) is 4.98 Å². The molecule has 0 aromatic carbocycles. The summed E-state index contributed by atoms with van der Waals surface area (Å²) in [7, 11) is 0. The summed E-state index contributed by atoms with van der Waals surface area (Å²) in [5.41, 5.74) is 0.746. The highest BCUT2D eigenvalue weighted by molar-refractivity contribution is 6.49. The van der Waals surface area contributed by atoms with Crippen molar-refractivity contribution in [3.63, 3.8) is 0 Å². The third kappa shape index (κ3) is 1.09. The van der Waals surface area contributed by atoms with Crippen LogP contribution >= 0.6 is 11.6 Å². The Labute approximate surface area is 85.4 Å². The topological polar surface area (TPSA) is 47.0 Å². The van der Waals surface area contributed by atoms with E-state index >= 15 is 0 Å². The summed E-state index contributed by atoms with van der Waals surface area (Å²) in [6.45, 7) is 1.53. The SMILES string of the molecule is CC1=C(Cl)C(=O)c2cccnc2C1=O. The van der Waals surface area contributed by atoms with Crippen molar-refractivity contribution in [2.24, 2.45) is 0 Å². The summed E-state index contributed by atoms with van der Waals surface area (Å²) in [6, 6.07) is 3.16. The molecule has 0 saturated carbocycles. The molecule has 4 heteroatoms. The van der Waals surface area contributed by atoms with Crippen LogP contribution in [-0.2, 0) is 0 Å². The van der Waals surface area contributed by atoms with E-state index in [0.29, 0.717) is 0 Å². The third-order valence-corrected chi connectivity index (χ3v) is 2.59. The number of rotatable bonds is 0. The monoisotopic (exact) mass is 207 g/mol. The molecule has 0 radical (unpaired) electrons. The predicted molar refractivity (Wildman–Crippen MR) is 51.5 cm³/mol. The lowest BCUT2D eigenvalue weighted by Gasteiger charge is -2.13. The van der Waals surface area contributed by atoms with Gasteiger partial charge in [0.15, 0.2) is 0 Å². The highest BCUT2D eigenvalue weighted by atomic mass is 35.5. The molecule has 2 rings (SSSR count). The minimum absolute atomic E-state index is 0.00417. The Morgan fingerprint density at radius 2 is 2.00 bits per heavy atom. The Kier molecular flexibility index (Phi) is 1.97. The molecule has 1 heterocycles. The van der Waals surface area contributed by atoms with Crippen molar-refractivity contribution >= 4 is 23.2 Å². The van der Waals surface area contributed by atoms with Crippen LogP contribution in [0.1, 0.15) is 27.8 Å². The summed E-state index contributed by atoms with van der Waals surface area (Å²) < 4.78 is 0. The second-order valence-electron chi connectivity index (χ2n) is 3.00. The molecule has 1 aliphatic rings. The Morgan fingerprint density at radius 1 is 1.29 bits per heavy atom. The minimum Gasteiger partial charge on any atom is -0.288 e. The Bertz CT molecular complexity index is 434. The fraction of sp³-hybridized carbons (Fsp3) is 0.100. The zero-order chi connectivity index (χ0) is 10.3. The first-order valence-electron chi connectivity index (χ1n) is 4.03. The van der Waals surface area contributed by atoms with Crippen molar-refractivity contribution in [3.8, 4) is 0 Å². The maximum absolute atomic E-state index is 11.6. The molecule has 0 bridgehead atoms. The van der Waals surface area contributed by atoms with Crippen LogP contribution < -0.4 is 0 Å². The number of Topliss-reactive ketones (excluding diaryl/α,β-unsaturated/α-hetero) is 2. The van der Waals surface area contributed by atoms with Crippen LogP contribution in [0.25, 0.3) is 0 Å². The van der Waals surface area contributed by atoms with Gasteiger partial charge in [-0.2, -0.15) is 0 Å². The van der Waals surface area contributed by atoms with Gasteiger partial charge in [-0.1, -0.05) is 11.6 Å². The average Bonchev–Trinajstić information content (AvgIpc) is 2.23. The molecular weight excluding hydrogens is 202 g/mol. The van der Waals surface area contributed by atoms with Gasteiger partial charge in [-0.15, -0.1) is 0 Å². The summed E-state index contributed by atoms with van der Waals surface area (Å²) in [5.74, 6) is -0.600. The van der Waals surface area contributed by atoms with Crippen molar-refractivity contribution in [3.05, 3.63) is 40.2 Å². The van der Waals surface area contributed by atoms with Crippen LogP contribution in [0.3, 0.4) is 0 Å². The van der Waals surface area contributed by atoms with Crippen LogP contribution in [0.5, 0.6) is 0 Å². The second-order valence-corrected chi connectivity index (χ2v) is 3.37. The fourth-order valence-corrected chi connectivity index (χ4v) is 1.52. The zero-order valence-corrected chi connectivity index (χ0v) is 8.13. The van der Waals surface area contributed by atoms with E-state index in [0.717, 1.165) is 0 Å². The number of allylic oxidation sites excluding steroid dienone is 2. The van der Waals surface area contributed by atoms with E-state index in [9.17, 15) is 9.59 Å². The van der Waals surface area contributed by atoms with Gasteiger partial charge in [-0.05, 0) is 19.1 Å². The Balaban J connectivity index is 2.73. The summed E-state index contributed by atoms with van der Waals surface area (Å²) in [5, 5.41) is -0.00417. The lowest BCUT2D eigenvalue weighted by molar-refractivity contribution is 0.0977. The molecular formula is C10H6ClNO2. The standard InChI is InChI=1S/C10H6ClNO2/c1-5-7(11)10(14)6-3-2-4-12-8(6)9(5)13/h2-4H,1H3. The van der Waals surface area contributed by atoms with Gasteiger partial charge in [-0.25, -0.2) is 0 Å². The number of halogens is 1. The maximum atomic E-state index is 11.6. The lowest BCUT2D eigenvalue weighted by atomic mass is 9.94. The van der Waals surface area contributed by atoms with E-state index in [1.54, 1.807) is 12.1 Å². The van der Waals surface area contributed by atoms with Crippen LogP contribution in [0.2, 0.25) is 0 Å². The molecule has 0 spiro atoms. The average molecular weight is 208 g/mol. The summed E-state index contributed by atoms with van der Waals surface area (Å²) in [4.78, 5) is 27.1. The van der Waals surface area contributed by atoms with Crippen molar-refractivity contribution < 1.29 is 9.59 Å². The van der Waals surface area contributed by atoms with E-state index in [-0.39, 0.29) is 33.4 Å². The number of aromatic nitrogens is 1. The predicted octanol–water partition coefficient (Wildman–Crippen LogP) is 1.97. The van der Waals surface area contributed by atoms with E-state index in [1.807, 2.05) is 0 Å². The van der Waals surface area contributed by atoms with Crippen LogP contribution in [0.4, 0.5) is 0 Å². The minimum atomic E-state index is -0.327. The van der Waals surface area contributed by atoms with Gasteiger partial charge in [0.2, 0.25) is 11.6 Å². The highest BCUT2D eigenvalue weighted by Crippen LogP contribution is 2.26. The highest BCUT2D eigenvalue weighted by Gasteiger charge is 2.29. The van der Waals surface area contributed by atoms with Gasteiger partial charge < -0.3 is 0 Å². The smallest absolute Gasteiger partial charge is 0.209 e. The van der Waals surface area contributed by atoms with Crippen molar-refractivity contribution in [1.29, 1.82) is 0 Å². The number of hydrogen-bond donors (Lipinski definition) is 0. The Hall–Kier alpha value is -1.48. The van der Waals surface area contributed by atoms with Gasteiger partial charge in [0, 0.05) is 11.8 Å². The first kappa shape index (κ1) is 9.09. The van der Waals surface area contributed by atoms with Crippen molar-refractivity contribution in [2.75, 3.05) is 0 Å². The van der Waals surface area contributed by atoms with E-state index < -0.39 is 0 Å². The first-order valence-corrected chi connectivity index (χ1v) is 4.41. The number of fused-ring (bicyclic) bond motifs is 1. The normalized spacial score (nSPS) is 15.9. The van der Waals surface area contributed by atoms with Gasteiger partial charge >= 0.3 is 0 Å². The fourth-order valence-electron chi connectivity index (χ4n) is 1.34. The molecule has 1 aliphatic carbocycles. The molecule has 14 heavy (non-hydrogen) atoms. The zero-order valence-electron chi connectivity index (χ0n) is 7.37. The summed E-state index contributed by atoms with van der Waals surface area (Å²) in [6.07, 6.45) is 1.48. The van der Waals surface area contributed by atoms with Gasteiger partial charge in [-0.3, -0.25) is 14.6 Å². The molecule has 0 fully saturated rings. The number of carbonyl (C=O) groups is 2. The molecule has 3 nitrogen and oxygen atoms in total. The van der Waals surface area contributed by atoms with Gasteiger partial charge in [0.05, 0.1) is 10.6 Å². The molecule has 1 aromatic rings. The molecule has 0 N–H and O–H groups in total. The van der Waals surface area contributed by atoms with Gasteiger partial charge in [0.1, 0.15) is 5.69 Å². The first-order chi connectivity index (χ1) is 6.63. The largest absolute Gasteiger partial charge is 0.288 e. The van der Waals surface area contributed by atoms with Crippen LogP contribution in [0.15, 0.2) is 28.9 Å². The molecule has 0 unspecified atom stereocenters. The molecule has 0 saturated heterocycles. The van der Waals surface area contributed by atoms with Crippen molar-refractivity contribution in [1.82, 2.24) is 4.98 Å². The number of pyridine rings is 1. The number of carbonyl (C=O) groups excluding carboxylic acids is 2. The molecule has 0 aliphatic heterocycles. The third-order valence-electron chi connectivity index (χ3n) is 2.14. The van der Waals surface area contributed by atoms with E-state index in [4.69, 9.17) is 11.6 Å². The number of nitrogens with zero attached hydrogens (tertiary/aromatic N) is 1. The van der Waals surface area contributed by atoms with Crippen LogP contribution in [0, 0.1) is 0 Å². The van der Waals surface area contributed by atoms with E-state index in [1.165, 1.54) is 13.1 Å². The molecule has 0 atom stereocenters. The summed E-state index contributed by atoms with van der Waals surface area (Å²) >= 11 is 5.72. The van der Waals surface area contributed by atoms with Crippen LogP contribution in [-0.4, -0.2) is 16.6 Å². The number of hydrogen-bond acceptors (Lipinski definition) is 3. The maximum Gasteiger partial charge on any atom is 0.209 e. The molecule has 0 amide bonds. The lowest BCUT2D eigenvalue weighted by Crippen LogP contribution is -2.19. The Morgan fingerprint density at radius 3 is 2.71 bits per heavy atom.